The standard InChI is InChI=1S/C61H40N4/c62-55-37-43(42-29-33-53-54(36-42)60(40-17-5-2-6-18-40)50-23-11-8-20-47(50)58(53)39-15-3-1-4-16-39)30-34-57(55)65-64-46-31-27-41(28-32-46)59-48-21-9-12-24-51(48)61(52-25-13-10-22-49(52)59)45-35-44-19-7-14-26-56(44)63-38-45/h1-38,62,64H. The number of pyridine rings is 1. The lowest BCUT2D eigenvalue weighted by molar-refractivity contribution is 1.34. The molecular weight excluding hydrogens is 789 g/mol. The van der Waals surface area contributed by atoms with E-state index < -0.39 is 0 Å². The topological polar surface area (TPSA) is 61.1 Å². The number of hydrazone groups is 1. The van der Waals surface area contributed by atoms with Crippen molar-refractivity contribution in [3.05, 3.63) is 236 Å². The third kappa shape index (κ3) is 6.68. The highest BCUT2D eigenvalue weighted by Crippen LogP contribution is 2.46. The number of hydrogen-bond acceptors (Lipinski definition) is 4. The highest BCUT2D eigenvalue weighted by Gasteiger charge is 2.20. The van der Waals surface area contributed by atoms with Gasteiger partial charge in [-0.15, -0.1) is 0 Å². The number of hydrogen-bond donors (Lipinski definition) is 2. The third-order valence-corrected chi connectivity index (χ3v) is 12.8. The molecule has 0 unspecified atom stereocenters. The minimum Gasteiger partial charge on any atom is -0.299 e. The molecule has 0 aliphatic heterocycles. The zero-order valence-electron chi connectivity index (χ0n) is 35.3. The number of aromatic nitrogens is 1. The number of anilines is 1. The van der Waals surface area contributed by atoms with Crippen LogP contribution in [0.5, 0.6) is 0 Å². The number of rotatable bonds is 7. The van der Waals surface area contributed by atoms with Gasteiger partial charge in [-0.25, -0.2) is 0 Å². The summed E-state index contributed by atoms with van der Waals surface area (Å²) in [6.07, 6.45) is 7.92. The van der Waals surface area contributed by atoms with Crippen molar-refractivity contribution in [2.75, 3.05) is 5.43 Å². The molecule has 12 rings (SSSR count). The van der Waals surface area contributed by atoms with Crippen molar-refractivity contribution in [2.24, 2.45) is 5.10 Å². The van der Waals surface area contributed by atoms with Crippen molar-refractivity contribution in [2.45, 2.75) is 0 Å². The van der Waals surface area contributed by atoms with Gasteiger partial charge in [0.1, 0.15) is 5.71 Å². The minimum absolute atomic E-state index is 0.345. The van der Waals surface area contributed by atoms with Crippen LogP contribution < -0.4 is 5.43 Å². The van der Waals surface area contributed by atoms with Crippen molar-refractivity contribution < 1.29 is 0 Å². The molecule has 1 aromatic heterocycles. The second-order valence-electron chi connectivity index (χ2n) is 16.6. The van der Waals surface area contributed by atoms with Gasteiger partial charge in [-0.05, 0) is 136 Å². The zero-order valence-corrected chi connectivity index (χ0v) is 35.3. The predicted molar refractivity (Wildman–Crippen MR) is 276 cm³/mol. The van der Waals surface area contributed by atoms with Gasteiger partial charge in [-0.3, -0.25) is 15.8 Å². The number of nitrogens with zero attached hydrogens (tertiary/aromatic N) is 2. The van der Waals surface area contributed by atoms with E-state index in [-0.39, 0.29) is 0 Å². The van der Waals surface area contributed by atoms with E-state index in [0.29, 0.717) is 11.4 Å². The number of nitrogens with one attached hydrogen (secondary N) is 2. The van der Waals surface area contributed by atoms with E-state index in [9.17, 15) is 0 Å². The minimum atomic E-state index is 0.345. The van der Waals surface area contributed by atoms with E-state index in [0.717, 1.165) is 38.9 Å². The average Bonchev–Trinajstić information content (AvgIpc) is 3.37. The predicted octanol–water partition coefficient (Wildman–Crippen LogP) is 16.0. The second kappa shape index (κ2) is 15.9. The monoisotopic (exact) mass is 828 g/mol. The van der Waals surface area contributed by atoms with Gasteiger partial charge >= 0.3 is 0 Å². The Morgan fingerprint density at radius 2 is 0.846 bits per heavy atom. The largest absolute Gasteiger partial charge is 0.299 e. The molecule has 0 amide bonds. The Bertz CT molecular complexity index is 3730. The molecule has 11 aromatic rings. The maximum absolute atomic E-state index is 9.10. The lowest BCUT2D eigenvalue weighted by atomic mass is 9.84. The van der Waals surface area contributed by atoms with E-state index in [1.165, 1.54) is 76.5 Å². The third-order valence-electron chi connectivity index (χ3n) is 12.8. The summed E-state index contributed by atoms with van der Waals surface area (Å²) in [7, 11) is 0. The molecule has 65 heavy (non-hydrogen) atoms. The number of para-hydroxylation sites is 1. The lowest BCUT2D eigenvalue weighted by Crippen LogP contribution is -2.13. The van der Waals surface area contributed by atoms with Gasteiger partial charge in [0.05, 0.1) is 16.9 Å². The second-order valence-corrected chi connectivity index (χ2v) is 16.6. The van der Waals surface area contributed by atoms with E-state index in [2.05, 4.69) is 212 Å². The molecule has 1 aliphatic rings. The van der Waals surface area contributed by atoms with E-state index in [1.54, 1.807) is 0 Å². The first-order chi connectivity index (χ1) is 32.2. The van der Waals surface area contributed by atoms with Gasteiger partial charge in [0.2, 0.25) is 0 Å². The maximum atomic E-state index is 9.10. The molecule has 0 bridgehead atoms. The summed E-state index contributed by atoms with van der Waals surface area (Å²) in [5.41, 5.74) is 17.4. The van der Waals surface area contributed by atoms with Crippen molar-refractivity contribution >= 4 is 76.7 Å². The van der Waals surface area contributed by atoms with E-state index in [4.69, 9.17) is 15.5 Å². The van der Waals surface area contributed by atoms with E-state index >= 15 is 0 Å². The number of benzene rings is 10. The molecule has 304 valence electrons. The zero-order chi connectivity index (χ0) is 43.3. The van der Waals surface area contributed by atoms with Crippen molar-refractivity contribution in [1.29, 1.82) is 5.41 Å². The lowest BCUT2D eigenvalue weighted by Gasteiger charge is -2.19. The molecule has 4 nitrogen and oxygen atoms in total. The van der Waals surface area contributed by atoms with E-state index in [1.807, 2.05) is 24.4 Å². The summed E-state index contributed by atoms with van der Waals surface area (Å²) < 4.78 is 0. The fraction of sp³-hybridized carbons (Fsp3) is 0. The molecule has 2 N–H and O–H groups in total. The fourth-order valence-corrected chi connectivity index (χ4v) is 9.80. The molecule has 0 fully saturated rings. The Hall–Kier alpha value is -8.73. The Kier molecular flexibility index (Phi) is 9.28. The van der Waals surface area contributed by atoms with Gasteiger partial charge < -0.3 is 0 Å². The number of fused-ring (bicyclic) bond motifs is 5. The molecule has 1 aliphatic carbocycles. The van der Waals surface area contributed by atoms with Crippen LogP contribution >= 0.6 is 0 Å². The summed E-state index contributed by atoms with van der Waals surface area (Å²) in [6, 6.07) is 73.2. The van der Waals surface area contributed by atoms with Gasteiger partial charge in [-0.1, -0.05) is 182 Å². The smallest absolute Gasteiger partial charge is 0.108 e. The van der Waals surface area contributed by atoms with Crippen LogP contribution in [-0.4, -0.2) is 16.4 Å². The fourth-order valence-electron chi connectivity index (χ4n) is 9.80. The molecule has 0 spiro atoms. The average molecular weight is 829 g/mol. The first-order valence-electron chi connectivity index (χ1n) is 22.0. The van der Waals surface area contributed by atoms with Gasteiger partial charge in [0.15, 0.2) is 0 Å². The highest BCUT2D eigenvalue weighted by atomic mass is 15.3. The molecule has 10 aromatic carbocycles. The van der Waals surface area contributed by atoms with Crippen LogP contribution in [0.4, 0.5) is 5.69 Å². The van der Waals surface area contributed by atoms with Crippen molar-refractivity contribution in [1.82, 2.24) is 4.98 Å². The van der Waals surface area contributed by atoms with Gasteiger partial charge in [-0.2, -0.15) is 5.10 Å². The van der Waals surface area contributed by atoms with Crippen LogP contribution in [0.2, 0.25) is 0 Å². The summed E-state index contributed by atoms with van der Waals surface area (Å²) in [5.74, 6) is 0. The SMILES string of the molecule is N=C1C=C(c2ccc3c(-c4ccccc4)c4ccccc4c(-c4ccccc4)c3c2)C=CC1=NNc1ccc(-c2c3ccccc3c(-c3cnc4ccccc4c3)c3ccccc23)cc1. The van der Waals surface area contributed by atoms with Gasteiger partial charge in [0, 0.05) is 17.1 Å². The Balaban J connectivity index is 0.863. The summed E-state index contributed by atoms with van der Waals surface area (Å²) in [4.78, 5) is 4.84. The first-order valence-corrected chi connectivity index (χ1v) is 22.0. The Labute approximate surface area is 376 Å². The summed E-state index contributed by atoms with van der Waals surface area (Å²) >= 11 is 0. The van der Waals surface area contributed by atoms with Crippen LogP contribution in [0.3, 0.4) is 0 Å². The highest BCUT2D eigenvalue weighted by molar-refractivity contribution is 6.51. The summed E-state index contributed by atoms with van der Waals surface area (Å²) in [5, 5.41) is 24.5. The van der Waals surface area contributed by atoms with Crippen LogP contribution in [0.15, 0.2) is 236 Å². The van der Waals surface area contributed by atoms with Crippen LogP contribution in [0, 0.1) is 5.41 Å². The normalized spacial score (nSPS) is 13.3. The molecule has 0 atom stereocenters. The van der Waals surface area contributed by atoms with Crippen molar-refractivity contribution in [3.63, 3.8) is 0 Å². The maximum Gasteiger partial charge on any atom is 0.108 e. The van der Waals surface area contributed by atoms with Crippen molar-refractivity contribution in [3.8, 4) is 44.5 Å². The van der Waals surface area contributed by atoms with Crippen LogP contribution in [0.1, 0.15) is 5.56 Å². The molecule has 0 saturated carbocycles. The molecule has 0 radical (unpaired) electrons. The molecule has 1 heterocycles. The Morgan fingerprint density at radius 1 is 0.385 bits per heavy atom. The summed E-state index contributed by atoms with van der Waals surface area (Å²) in [6.45, 7) is 0. The first kappa shape index (κ1) is 38.0. The molecular formula is C61H40N4. The van der Waals surface area contributed by atoms with Crippen LogP contribution in [-0.2, 0) is 0 Å². The van der Waals surface area contributed by atoms with Crippen LogP contribution in [0.25, 0.3) is 104 Å². The number of allylic oxidation sites excluding steroid dienone is 4. The Morgan fingerprint density at radius 3 is 1.42 bits per heavy atom. The molecule has 0 saturated heterocycles. The molecule has 4 heteroatoms. The quantitative estimate of drug-likeness (QED) is 0.0955. The van der Waals surface area contributed by atoms with Gasteiger partial charge in [0.25, 0.3) is 0 Å².